The summed E-state index contributed by atoms with van der Waals surface area (Å²) < 4.78 is 7.32. The third-order valence-electron chi connectivity index (χ3n) is 6.84. The maximum Gasteiger partial charge on any atom is 0.219 e. The molecule has 0 bridgehead atoms. The summed E-state index contributed by atoms with van der Waals surface area (Å²) in [6, 6.07) is 6.30. The number of H-pyrrole nitrogens is 1. The fourth-order valence-corrected chi connectivity index (χ4v) is 4.97. The first-order valence-corrected chi connectivity index (χ1v) is 11.6. The lowest BCUT2D eigenvalue weighted by molar-refractivity contribution is -0.121. The van der Waals surface area contributed by atoms with Crippen molar-refractivity contribution in [2.75, 3.05) is 14.2 Å². The third kappa shape index (κ3) is 3.83. The SMILES string of the molecule is CNC(=O)CCC1CC(c2ccc3[nH]c(-c4cc(OC)c5ncnn5c4)c(C(C)C)c3n2)C1. The Morgan fingerprint density at radius 3 is 2.88 bits per heavy atom. The zero-order valence-corrected chi connectivity index (χ0v) is 19.6. The molecule has 0 unspecified atom stereocenters. The Bertz CT molecular complexity index is 1320. The predicted octanol–water partition coefficient (Wildman–Crippen LogP) is 4.42. The first kappa shape index (κ1) is 21.4. The van der Waals surface area contributed by atoms with E-state index < -0.39 is 0 Å². The molecule has 0 radical (unpaired) electrons. The number of carbonyl (C=O) groups is 1. The Morgan fingerprint density at radius 2 is 2.15 bits per heavy atom. The number of nitrogens with one attached hydrogen (secondary N) is 2. The Kier molecular flexibility index (Phi) is 5.52. The Morgan fingerprint density at radius 1 is 1.33 bits per heavy atom. The summed E-state index contributed by atoms with van der Waals surface area (Å²) in [4.78, 5) is 24.5. The molecule has 4 aromatic heterocycles. The lowest BCUT2D eigenvalue weighted by atomic mass is 9.71. The quantitative estimate of drug-likeness (QED) is 0.438. The van der Waals surface area contributed by atoms with E-state index in [2.05, 4.69) is 46.4 Å². The van der Waals surface area contributed by atoms with E-state index in [1.165, 1.54) is 11.9 Å². The Balaban J connectivity index is 1.47. The molecule has 33 heavy (non-hydrogen) atoms. The van der Waals surface area contributed by atoms with E-state index >= 15 is 0 Å². The second kappa shape index (κ2) is 8.50. The van der Waals surface area contributed by atoms with Crippen LogP contribution in [-0.2, 0) is 4.79 Å². The molecule has 0 atom stereocenters. The van der Waals surface area contributed by atoms with E-state index in [9.17, 15) is 4.79 Å². The van der Waals surface area contributed by atoms with Crippen molar-refractivity contribution < 1.29 is 9.53 Å². The van der Waals surface area contributed by atoms with Crippen LogP contribution < -0.4 is 10.1 Å². The van der Waals surface area contributed by atoms with Crippen molar-refractivity contribution in [3.8, 4) is 17.0 Å². The predicted molar refractivity (Wildman–Crippen MR) is 127 cm³/mol. The highest BCUT2D eigenvalue weighted by Gasteiger charge is 2.32. The summed E-state index contributed by atoms with van der Waals surface area (Å²) in [6.07, 6.45) is 7.28. The maximum atomic E-state index is 11.5. The molecule has 8 nitrogen and oxygen atoms in total. The number of aromatic amines is 1. The van der Waals surface area contributed by atoms with Crippen molar-refractivity contribution >= 4 is 22.6 Å². The molecule has 1 aliphatic rings. The lowest BCUT2D eigenvalue weighted by Gasteiger charge is -2.35. The molecule has 0 aliphatic heterocycles. The number of hydrogen-bond donors (Lipinski definition) is 2. The highest BCUT2D eigenvalue weighted by atomic mass is 16.5. The minimum Gasteiger partial charge on any atom is -0.493 e. The molecule has 1 saturated carbocycles. The van der Waals surface area contributed by atoms with Gasteiger partial charge in [0.25, 0.3) is 0 Å². The van der Waals surface area contributed by atoms with Crippen LogP contribution in [0.5, 0.6) is 5.75 Å². The molecule has 1 aliphatic carbocycles. The number of pyridine rings is 2. The van der Waals surface area contributed by atoms with Crippen molar-refractivity contribution in [1.82, 2.24) is 29.9 Å². The second-order valence-electron chi connectivity index (χ2n) is 9.27. The first-order valence-electron chi connectivity index (χ1n) is 11.6. The van der Waals surface area contributed by atoms with Gasteiger partial charge < -0.3 is 15.0 Å². The summed E-state index contributed by atoms with van der Waals surface area (Å²) in [5.41, 5.74) is 7.14. The molecule has 0 saturated heterocycles. The van der Waals surface area contributed by atoms with Crippen LogP contribution in [-0.4, -0.2) is 44.6 Å². The number of aromatic nitrogens is 5. The molecule has 4 aromatic rings. The summed E-state index contributed by atoms with van der Waals surface area (Å²) in [6.45, 7) is 4.40. The molecular weight excluding hydrogens is 416 g/mol. The summed E-state index contributed by atoms with van der Waals surface area (Å²) >= 11 is 0. The Hall–Kier alpha value is -3.42. The molecular formula is C25H30N6O2. The number of rotatable bonds is 7. The monoisotopic (exact) mass is 446 g/mol. The zero-order valence-electron chi connectivity index (χ0n) is 19.6. The zero-order chi connectivity index (χ0) is 23.1. The second-order valence-corrected chi connectivity index (χ2v) is 9.27. The molecule has 0 aromatic carbocycles. The molecule has 1 amide bonds. The van der Waals surface area contributed by atoms with Crippen LogP contribution in [0.2, 0.25) is 0 Å². The van der Waals surface area contributed by atoms with Gasteiger partial charge in [-0.1, -0.05) is 13.8 Å². The van der Waals surface area contributed by atoms with E-state index in [1.807, 2.05) is 12.3 Å². The molecule has 4 heterocycles. The smallest absolute Gasteiger partial charge is 0.219 e. The average molecular weight is 447 g/mol. The topological polar surface area (TPSA) is 97.2 Å². The molecule has 5 rings (SSSR count). The number of methoxy groups -OCH3 is 1. The molecule has 8 heteroatoms. The fraction of sp³-hybridized carbons (Fsp3) is 0.440. The van der Waals surface area contributed by atoms with Gasteiger partial charge in [-0.3, -0.25) is 9.78 Å². The van der Waals surface area contributed by atoms with Crippen LogP contribution in [0.4, 0.5) is 0 Å². The summed E-state index contributed by atoms with van der Waals surface area (Å²) in [5, 5.41) is 7.02. The molecule has 0 spiro atoms. The van der Waals surface area contributed by atoms with Gasteiger partial charge >= 0.3 is 0 Å². The van der Waals surface area contributed by atoms with Gasteiger partial charge in [0, 0.05) is 42.4 Å². The van der Waals surface area contributed by atoms with E-state index in [1.54, 1.807) is 18.7 Å². The minimum absolute atomic E-state index is 0.125. The van der Waals surface area contributed by atoms with Gasteiger partial charge in [0.15, 0.2) is 11.4 Å². The average Bonchev–Trinajstić information content (AvgIpc) is 3.41. The fourth-order valence-electron chi connectivity index (χ4n) is 4.97. The van der Waals surface area contributed by atoms with Gasteiger partial charge in [0.05, 0.1) is 23.8 Å². The van der Waals surface area contributed by atoms with Crippen molar-refractivity contribution in [3.63, 3.8) is 0 Å². The number of nitrogens with zero attached hydrogens (tertiary/aromatic N) is 4. The standard InChI is InChI=1S/C25H30N6O2/c1-14(2)22-23(17-11-20(33-4)25-27-13-28-31(25)12-17)30-19-7-6-18(29-24(19)22)16-9-15(10-16)5-8-21(32)26-3/h6-7,11-16,30H,5,8-10H2,1-4H3,(H,26,32). The molecule has 2 N–H and O–H groups in total. The minimum atomic E-state index is 0.125. The van der Waals surface area contributed by atoms with E-state index in [0.29, 0.717) is 29.7 Å². The van der Waals surface area contributed by atoms with Crippen molar-refractivity contribution in [2.45, 2.75) is 51.4 Å². The van der Waals surface area contributed by atoms with Crippen LogP contribution in [0.1, 0.15) is 62.6 Å². The Labute approximate surface area is 192 Å². The van der Waals surface area contributed by atoms with E-state index in [4.69, 9.17) is 9.72 Å². The third-order valence-corrected chi connectivity index (χ3v) is 6.84. The number of amides is 1. The van der Waals surface area contributed by atoms with Gasteiger partial charge in [-0.15, -0.1) is 0 Å². The van der Waals surface area contributed by atoms with Gasteiger partial charge in [-0.2, -0.15) is 5.10 Å². The van der Waals surface area contributed by atoms with Crippen molar-refractivity contribution in [3.05, 3.63) is 42.0 Å². The number of carbonyl (C=O) groups excluding carboxylic acids is 1. The number of ether oxygens (including phenoxy) is 1. The van der Waals surface area contributed by atoms with Crippen LogP contribution in [0, 0.1) is 5.92 Å². The number of hydrogen-bond acceptors (Lipinski definition) is 5. The van der Waals surface area contributed by atoms with Crippen molar-refractivity contribution in [2.24, 2.45) is 5.92 Å². The van der Waals surface area contributed by atoms with Crippen LogP contribution in [0.15, 0.2) is 30.7 Å². The molecule has 172 valence electrons. The van der Waals surface area contributed by atoms with Crippen molar-refractivity contribution in [1.29, 1.82) is 0 Å². The van der Waals surface area contributed by atoms with Crippen LogP contribution >= 0.6 is 0 Å². The summed E-state index contributed by atoms with van der Waals surface area (Å²) in [7, 11) is 3.35. The lowest BCUT2D eigenvalue weighted by Crippen LogP contribution is -2.25. The van der Waals surface area contributed by atoms with E-state index in [-0.39, 0.29) is 11.8 Å². The van der Waals surface area contributed by atoms with Gasteiger partial charge in [-0.25, -0.2) is 9.50 Å². The summed E-state index contributed by atoms with van der Waals surface area (Å²) in [5.74, 6) is 2.17. The maximum absolute atomic E-state index is 11.5. The first-order chi connectivity index (χ1) is 16.0. The highest BCUT2D eigenvalue weighted by Crippen LogP contribution is 2.44. The molecule has 1 fully saturated rings. The van der Waals surface area contributed by atoms with Gasteiger partial charge in [-0.05, 0) is 49.3 Å². The largest absolute Gasteiger partial charge is 0.493 e. The number of fused-ring (bicyclic) bond motifs is 2. The van der Waals surface area contributed by atoms with Gasteiger partial charge in [0.2, 0.25) is 5.91 Å². The van der Waals surface area contributed by atoms with Gasteiger partial charge in [0.1, 0.15) is 6.33 Å². The highest BCUT2D eigenvalue weighted by molar-refractivity contribution is 5.89. The normalized spacial score (nSPS) is 18.1. The van der Waals surface area contributed by atoms with E-state index in [0.717, 1.165) is 47.2 Å². The van der Waals surface area contributed by atoms with Crippen LogP contribution in [0.25, 0.3) is 27.9 Å². The van der Waals surface area contributed by atoms with Crippen LogP contribution in [0.3, 0.4) is 0 Å².